The van der Waals surface area contributed by atoms with E-state index in [1.54, 1.807) is 24.3 Å². The van der Waals surface area contributed by atoms with Gasteiger partial charge in [-0.15, -0.1) is 0 Å². The van der Waals surface area contributed by atoms with Crippen LogP contribution in [0.5, 0.6) is 0 Å². The Morgan fingerprint density at radius 2 is 1.95 bits per heavy atom. The summed E-state index contributed by atoms with van der Waals surface area (Å²) in [6.07, 6.45) is 2.75. The minimum absolute atomic E-state index is 0.209. The number of ether oxygens (including phenoxy) is 1. The Balaban J connectivity index is 2.26. The number of esters is 1. The Labute approximate surface area is 125 Å². The number of carbonyl (C=O) groups is 1. The number of benzene rings is 1. The third-order valence-corrected chi connectivity index (χ3v) is 5.15. The number of hydrogen-bond donors (Lipinski definition) is 1. The van der Waals surface area contributed by atoms with E-state index in [2.05, 4.69) is 4.72 Å². The fourth-order valence-corrected chi connectivity index (χ4v) is 3.29. The number of piperidine rings is 1. The van der Waals surface area contributed by atoms with Crippen LogP contribution < -0.4 is 9.62 Å². The maximum atomic E-state index is 11.9. The lowest BCUT2D eigenvalue weighted by Gasteiger charge is -2.35. The van der Waals surface area contributed by atoms with Crippen molar-refractivity contribution in [1.82, 2.24) is 4.72 Å². The van der Waals surface area contributed by atoms with Gasteiger partial charge in [0.05, 0.1) is 12.0 Å². The molecule has 0 aliphatic carbocycles. The molecule has 1 aromatic carbocycles. The van der Waals surface area contributed by atoms with E-state index in [1.807, 2.05) is 4.90 Å². The number of carbonyl (C=O) groups excluding carboxylic acids is 1. The predicted octanol–water partition coefficient (Wildman–Crippen LogP) is 1.13. The molecule has 1 aromatic rings. The summed E-state index contributed by atoms with van der Waals surface area (Å²) >= 11 is 0. The smallest absolute Gasteiger partial charge is 0.328 e. The van der Waals surface area contributed by atoms with E-state index in [4.69, 9.17) is 4.74 Å². The highest BCUT2D eigenvalue weighted by Gasteiger charge is 2.29. The Bertz CT molecular complexity index is 598. The van der Waals surface area contributed by atoms with Crippen LogP contribution in [-0.2, 0) is 19.6 Å². The minimum Gasteiger partial charge on any atom is -0.467 e. The van der Waals surface area contributed by atoms with Crippen LogP contribution in [-0.4, -0.2) is 41.1 Å². The molecule has 1 unspecified atom stereocenters. The quantitative estimate of drug-likeness (QED) is 0.843. The van der Waals surface area contributed by atoms with E-state index in [1.165, 1.54) is 14.2 Å². The van der Waals surface area contributed by atoms with Gasteiger partial charge < -0.3 is 9.64 Å². The van der Waals surface area contributed by atoms with Crippen LogP contribution in [0.4, 0.5) is 5.69 Å². The number of sulfonamides is 1. The number of anilines is 1. The molecule has 1 heterocycles. The maximum absolute atomic E-state index is 11.9. The van der Waals surface area contributed by atoms with Crippen molar-refractivity contribution < 1.29 is 17.9 Å². The highest BCUT2D eigenvalue weighted by Crippen LogP contribution is 2.26. The normalized spacial score (nSPS) is 19.3. The Morgan fingerprint density at radius 1 is 1.29 bits per heavy atom. The van der Waals surface area contributed by atoms with Crippen molar-refractivity contribution >= 4 is 21.7 Å². The van der Waals surface area contributed by atoms with E-state index in [0.717, 1.165) is 31.5 Å². The summed E-state index contributed by atoms with van der Waals surface area (Å²) in [6.45, 7) is 0.762. The molecule has 0 saturated carbocycles. The molecule has 1 fully saturated rings. The summed E-state index contributed by atoms with van der Waals surface area (Å²) in [6, 6.07) is 6.25. The van der Waals surface area contributed by atoms with Crippen molar-refractivity contribution in [2.45, 2.75) is 30.2 Å². The van der Waals surface area contributed by atoms with Crippen LogP contribution in [0.15, 0.2) is 29.2 Å². The van der Waals surface area contributed by atoms with Crippen molar-refractivity contribution in [1.29, 1.82) is 0 Å². The van der Waals surface area contributed by atoms with E-state index >= 15 is 0 Å². The number of rotatable bonds is 4. The van der Waals surface area contributed by atoms with Crippen molar-refractivity contribution in [3.63, 3.8) is 0 Å². The third-order valence-electron chi connectivity index (χ3n) is 3.72. The number of nitrogens with zero attached hydrogens (tertiary/aromatic N) is 1. The van der Waals surface area contributed by atoms with Gasteiger partial charge >= 0.3 is 5.97 Å². The van der Waals surface area contributed by atoms with Gasteiger partial charge in [0, 0.05) is 12.2 Å². The number of nitrogens with one attached hydrogen (secondary N) is 1. The molecule has 0 amide bonds. The van der Waals surface area contributed by atoms with Gasteiger partial charge in [0.15, 0.2) is 0 Å². The summed E-state index contributed by atoms with van der Waals surface area (Å²) in [5, 5.41) is 0. The van der Waals surface area contributed by atoms with Gasteiger partial charge in [-0.25, -0.2) is 17.9 Å². The molecule has 21 heavy (non-hydrogen) atoms. The van der Waals surface area contributed by atoms with Crippen molar-refractivity contribution in [3.8, 4) is 0 Å². The Hall–Kier alpha value is -1.60. The molecule has 0 radical (unpaired) electrons. The van der Waals surface area contributed by atoms with Crippen LogP contribution in [0.25, 0.3) is 0 Å². The second-order valence-corrected chi connectivity index (χ2v) is 6.82. The molecule has 6 nitrogen and oxygen atoms in total. The molecule has 1 N–H and O–H groups in total. The van der Waals surface area contributed by atoms with E-state index in [-0.39, 0.29) is 16.9 Å². The van der Waals surface area contributed by atoms with Crippen LogP contribution >= 0.6 is 0 Å². The van der Waals surface area contributed by atoms with Gasteiger partial charge in [0.2, 0.25) is 10.0 Å². The van der Waals surface area contributed by atoms with Gasteiger partial charge in [-0.1, -0.05) is 0 Å². The van der Waals surface area contributed by atoms with E-state index in [0.29, 0.717) is 0 Å². The van der Waals surface area contributed by atoms with Gasteiger partial charge in [-0.2, -0.15) is 0 Å². The molecule has 0 bridgehead atoms. The second-order valence-electron chi connectivity index (χ2n) is 4.93. The minimum atomic E-state index is -3.44. The molecule has 2 rings (SSSR count). The first kappa shape index (κ1) is 15.8. The third kappa shape index (κ3) is 3.36. The summed E-state index contributed by atoms with van der Waals surface area (Å²) < 4.78 is 30.5. The number of hydrogen-bond acceptors (Lipinski definition) is 5. The Kier molecular flexibility index (Phi) is 4.84. The van der Waals surface area contributed by atoms with Gasteiger partial charge in [0.1, 0.15) is 6.04 Å². The standard InChI is InChI=1S/C14H20N2O4S/c1-15-21(18,19)12-8-6-11(7-9-12)16-10-4-3-5-13(16)14(17)20-2/h6-9,13,15H,3-5,10H2,1-2H3. The lowest BCUT2D eigenvalue weighted by Crippen LogP contribution is -2.45. The zero-order valence-electron chi connectivity index (χ0n) is 12.2. The lowest BCUT2D eigenvalue weighted by atomic mass is 10.0. The van der Waals surface area contributed by atoms with Gasteiger partial charge in [0.25, 0.3) is 0 Å². The summed E-state index contributed by atoms with van der Waals surface area (Å²) in [7, 11) is -0.678. The molecular formula is C14H20N2O4S. The highest BCUT2D eigenvalue weighted by molar-refractivity contribution is 7.89. The average Bonchev–Trinajstić information content (AvgIpc) is 2.54. The summed E-state index contributed by atoms with van der Waals surface area (Å²) in [5.74, 6) is -0.248. The summed E-state index contributed by atoms with van der Waals surface area (Å²) in [5.41, 5.74) is 0.833. The fraction of sp³-hybridized carbons (Fsp3) is 0.500. The summed E-state index contributed by atoms with van der Waals surface area (Å²) in [4.78, 5) is 14.0. The highest BCUT2D eigenvalue weighted by atomic mass is 32.2. The predicted molar refractivity (Wildman–Crippen MR) is 79.7 cm³/mol. The zero-order valence-corrected chi connectivity index (χ0v) is 13.0. The topological polar surface area (TPSA) is 75.7 Å². The van der Waals surface area contributed by atoms with E-state index in [9.17, 15) is 13.2 Å². The van der Waals surface area contributed by atoms with Crippen LogP contribution in [0, 0.1) is 0 Å². The van der Waals surface area contributed by atoms with Gasteiger partial charge in [-0.3, -0.25) is 0 Å². The molecule has 116 valence electrons. The van der Waals surface area contributed by atoms with Crippen LogP contribution in [0.2, 0.25) is 0 Å². The van der Waals surface area contributed by atoms with Crippen LogP contribution in [0.1, 0.15) is 19.3 Å². The first-order valence-electron chi connectivity index (χ1n) is 6.87. The van der Waals surface area contributed by atoms with Crippen molar-refractivity contribution in [2.75, 3.05) is 25.6 Å². The maximum Gasteiger partial charge on any atom is 0.328 e. The molecule has 1 atom stereocenters. The van der Waals surface area contributed by atoms with Crippen LogP contribution in [0.3, 0.4) is 0 Å². The molecule has 1 aliphatic heterocycles. The molecule has 7 heteroatoms. The second kappa shape index (κ2) is 6.44. The first-order chi connectivity index (χ1) is 9.99. The molecular weight excluding hydrogens is 292 g/mol. The molecule has 1 saturated heterocycles. The largest absolute Gasteiger partial charge is 0.467 e. The van der Waals surface area contributed by atoms with Crippen molar-refractivity contribution in [3.05, 3.63) is 24.3 Å². The fourth-order valence-electron chi connectivity index (χ4n) is 2.56. The average molecular weight is 312 g/mol. The number of methoxy groups -OCH3 is 1. The van der Waals surface area contributed by atoms with Crippen molar-refractivity contribution in [2.24, 2.45) is 0 Å². The molecule has 1 aliphatic rings. The SMILES string of the molecule is CNS(=O)(=O)c1ccc(N2CCCCC2C(=O)OC)cc1. The lowest BCUT2D eigenvalue weighted by molar-refractivity contribution is -0.142. The van der Waals surface area contributed by atoms with Gasteiger partial charge in [-0.05, 0) is 50.6 Å². The van der Waals surface area contributed by atoms with E-state index < -0.39 is 10.0 Å². The zero-order chi connectivity index (χ0) is 15.5. The Morgan fingerprint density at radius 3 is 2.52 bits per heavy atom. The first-order valence-corrected chi connectivity index (χ1v) is 8.36. The molecule has 0 aromatic heterocycles. The molecule has 0 spiro atoms. The monoisotopic (exact) mass is 312 g/mol.